The van der Waals surface area contributed by atoms with Gasteiger partial charge in [-0.25, -0.2) is 0 Å². The monoisotopic (exact) mass is 1370 g/mol. The number of hydrogen-bond donors (Lipinski definition) is 0. The number of ether oxygens (including phenoxy) is 2. The SMILES string of the molecule is COc1cc(-c2nc(N3CCC(N4CCN(C(C)C)CC4)CC3)no2)cnc1C.COc1cc(-c2nc(N3CCN(C(C)C)CC3)no2)cnc1C.Cc1ccc(-c2nc(N3CCC(N4CCN(C(C)C)CC4)CC3)no2)cn1.Cc1ccc(-c2nc(N3CCN(C(C)C)CC3)no2)cn1. The fourth-order valence-electron chi connectivity index (χ4n) is 13.7. The van der Waals surface area contributed by atoms with Crippen LogP contribution in [-0.2, 0) is 0 Å². The lowest BCUT2D eigenvalue weighted by Crippen LogP contribution is -2.54. The molecule has 6 aliphatic heterocycles. The van der Waals surface area contributed by atoms with Gasteiger partial charge in [0, 0.05) is 203 Å². The van der Waals surface area contributed by atoms with E-state index in [0.717, 1.165) is 155 Å². The number of pyridine rings is 4. The molecule has 8 aromatic heterocycles. The third-order valence-electron chi connectivity index (χ3n) is 20.3. The normalized spacial score (nSPS) is 18.5. The predicted octanol–water partition coefficient (Wildman–Crippen LogP) is 8.83. The van der Waals surface area contributed by atoms with Gasteiger partial charge in [0.2, 0.25) is 0 Å². The molecule has 0 radical (unpaired) electrons. The van der Waals surface area contributed by atoms with E-state index in [1.807, 2.05) is 64.1 Å². The molecule has 100 heavy (non-hydrogen) atoms. The number of anilines is 4. The van der Waals surface area contributed by atoms with Crippen molar-refractivity contribution >= 4 is 23.8 Å². The summed E-state index contributed by atoms with van der Waals surface area (Å²) in [4.78, 5) is 59.6. The first kappa shape index (κ1) is 73.0. The zero-order valence-electron chi connectivity index (χ0n) is 61.5. The van der Waals surface area contributed by atoms with Crippen LogP contribution in [0.2, 0.25) is 0 Å². The van der Waals surface area contributed by atoms with Gasteiger partial charge in [-0.1, -0.05) is 0 Å². The Labute approximate surface area is 589 Å². The molecule has 28 heteroatoms. The summed E-state index contributed by atoms with van der Waals surface area (Å²) >= 11 is 0. The topological polar surface area (TPSA) is 258 Å². The third-order valence-corrected chi connectivity index (χ3v) is 20.3. The molecule has 8 aromatic rings. The van der Waals surface area contributed by atoms with E-state index < -0.39 is 0 Å². The summed E-state index contributed by atoms with van der Waals surface area (Å²) < 4.78 is 32.4. The van der Waals surface area contributed by atoms with E-state index in [1.54, 1.807) is 39.0 Å². The number of methoxy groups -OCH3 is 2. The van der Waals surface area contributed by atoms with Gasteiger partial charge in [0.1, 0.15) is 11.5 Å². The average Bonchev–Trinajstić information content (AvgIpc) is 1.71. The maximum atomic E-state index is 5.51. The molecule has 0 amide bonds. The number of piperidine rings is 2. The molecule has 0 atom stereocenters. The highest BCUT2D eigenvalue weighted by molar-refractivity contribution is 5.58. The van der Waals surface area contributed by atoms with Crippen LogP contribution in [0, 0.1) is 27.7 Å². The molecule has 0 bridgehead atoms. The molecule has 0 aromatic carbocycles. The number of hydrogen-bond acceptors (Lipinski definition) is 28. The number of piperazine rings is 4. The highest BCUT2D eigenvalue weighted by atomic mass is 16.5. The molecule has 0 saturated carbocycles. The number of nitrogens with zero attached hydrogens (tertiary/aromatic N) is 22. The van der Waals surface area contributed by atoms with Crippen molar-refractivity contribution < 1.29 is 27.6 Å². The van der Waals surface area contributed by atoms with Crippen molar-refractivity contribution in [2.45, 2.75) is 145 Å². The van der Waals surface area contributed by atoms with Crippen molar-refractivity contribution in [2.75, 3.05) is 165 Å². The molecular formula is C72H106N22O6. The van der Waals surface area contributed by atoms with Gasteiger partial charge in [-0.05, 0) is 166 Å². The fraction of sp³-hybridized carbons (Fsp3) is 0.611. The van der Waals surface area contributed by atoms with E-state index >= 15 is 0 Å². The van der Waals surface area contributed by atoms with E-state index in [2.05, 4.69) is 165 Å². The van der Waals surface area contributed by atoms with Gasteiger partial charge in [-0.15, -0.1) is 0 Å². The molecule has 6 saturated heterocycles. The minimum absolute atomic E-state index is 0.470. The molecule has 0 unspecified atom stereocenters. The molecule has 28 nitrogen and oxygen atoms in total. The average molecular weight is 1380 g/mol. The summed E-state index contributed by atoms with van der Waals surface area (Å²) in [5.41, 5.74) is 6.92. The van der Waals surface area contributed by atoms with Crippen molar-refractivity contribution in [3.63, 3.8) is 0 Å². The van der Waals surface area contributed by atoms with Crippen LogP contribution >= 0.6 is 0 Å². The minimum atomic E-state index is 0.470. The number of rotatable bonds is 16. The number of aryl methyl sites for hydroxylation is 4. The van der Waals surface area contributed by atoms with Crippen molar-refractivity contribution in [1.82, 2.24) is 89.9 Å². The van der Waals surface area contributed by atoms with Crippen LogP contribution in [0.25, 0.3) is 45.8 Å². The highest BCUT2D eigenvalue weighted by Gasteiger charge is 2.33. The minimum Gasteiger partial charge on any atom is -0.495 e. The van der Waals surface area contributed by atoms with Crippen LogP contribution in [0.3, 0.4) is 0 Å². The Hall–Kier alpha value is -8.28. The lowest BCUT2D eigenvalue weighted by atomic mass is 10.0. The highest BCUT2D eigenvalue weighted by Crippen LogP contribution is 2.31. The molecule has 6 aliphatic rings. The maximum absolute atomic E-state index is 5.51. The molecule has 6 fully saturated rings. The zero-order valence-corrected chi connectivity index (χ0v) is 61.5. The molecule has 0 spiro atoms. The van der Waals surface area contributed by atoms with Crippen LogP contribution in [0.15, 0.2) is 79.3 Å². The van der Waals surface area contributed by atoms with Gasteiger partial charge < -0.3 is 47.2 Å². The van der Waals surface area contributed by atoms with Gasteiger partial charge in [0.15, 0.2) is 0 Å². The van der Waals surface area contributed by atoms with E-state index in [4.69, 9.17) is 27.6 Å². The smallest absolute Gasteiger partial charge is 0.266 e. The van der Waals surface area contributed by atoms with Crippen LogP contribution in [0.4, 0.5) is 23.8 Å². The predicted molar refractivity (Wildman–Crippen MR) is 387 cm³/mol. The molecular weight excluding hydrogens is 1270 g/mol. The zero-order chi connectivity index (χ0) is 70.4. The van der Waals surface area contributed by atoms with Crippen LogP contribution in [0.1, 0.15) is 104 Å². The maximum Gasteiger partial charge on any atom is 0.266 e. The van der Waals surface area contributed by atoms with Crippen LogP contribution < -0.4 is 29.1 Å². The number of aromatic nitrogens is 12. The quantitative estimate of drug-likeness (QED) is 0.0875. The summed E-state index contributed by atoms with van der Waals surface area (Å²) in [5.74, 6) is 6.16. The second-order valence-corrected chi connectivity index (χ2v) is 28.0. The van der Waals surface area contributed by atoms with Crippen molar-refractivity contribution in [3.8, 4) is 57.3 Å². The summed E-state index contributed by atoms with van der Waals surface area (Å²) in [7, 11) is 3.27. The summed E-state index contributed by atoms with van der Waals surface area (Å²) in [6.45, 7) is 47.0. The fourth-order valence-corrected chi connectivity index (χ4v) is 13.7. The Bertz CT molecular complexity index is 3750. The molecule has 14 rings (SSSR count). The van der Waals surface area contributed by atoms with E-state index in [9.17, 15) is 0 Å². The summed E-state index contributed by atoms with van der Waals surface area (Å²) in [5, 5.41) is 16.6. The van der Waals surface area contributed by atoms with Gasteiger partial charge in [-0.2, -0.15) is 19.9 Å². The van der Waals surface area contributed by atoms with Crippen LogP contribution in [-0.4, -0.2) is 271 Å². The molecule has 14 heterocycles. The van der Waals surface area contributed by atoms with Crippen LogP contribution in [0.5, 0.6) is 11.5 Å². The van der Waals surface area contributed by atoms with Gasteiger partial charge >= 0.3 is 0 Å². The lowest BCUT2D eigenvalue weighted by Gasteiger charge is -2.43. The largest absolute Gasteiger partial charge is 0.495 e. The van der Waals surface area contributed by atoms with E-state index in [1.165, 1.54) is 52.4 Å². The second-order valence-electron chi connectivity index (χ2n) is 28.0. The van der Waals surface area contributed by atoms with E-state index in [0.29, 0.717) is 89.4 Å². The van der Waals surface area contributed by atoms with E-state index in [-0.39, 0.29) is 0 Å². The third kappa shape index (κ3) is 18.8. The first-order chi connectivity index (χ1) is 48.4. The van der Waals surface area contributed by atoms with Gasteiger partial charge in [0.25, 0.3) is 47.4 Å². The Kier molecular flexibility index (Phi) is 25.1. The molecule has 0 N–H and O–H groups in total. The second kappa shape index (κ2) is 34.4. The molecule has 540 valence electrons. The first-order valence-electron chi connectivity index (χ1n) is 36.0. The standard InChI is InChI=1S/C21H32N6O2.C20H30N6O.C16H23N5O2.C15H21N5O/c1-15(2)25-9-11-26(12-10-25)18-5-7-27(8-6-18)21-23-20(29-24-21)17-13-19(28-4)16(3)22-14-17;1-15(2)24-10-12-25(13-11-24)18-6-8-26(9-7-18)20-22-19(27-23-20)17-5-4-16(3)21-14-17;1-11(2)20-5-7-21(8-6-20)16-18-15(23-19-16)13-9-14(22-4)12(3)17-10-13;1-11(2)19-6-8-20(9-7-19)15-17-14(21-18-15)13-5-4-12(3)16-10-13/h13-15,18H,5-12H2,1-4H3;4-5,14-15,18H,6-13H2,1-3H3;9-11H,5-8H2,1-4H3;4-5,10-11H,6-9H2,1-3H3. The Balaban J connectivity index is 0.000000135. The van der Waals surface area contributed by atoms with Gasteiger partial charge in [-0.3, -0.25) is 49.3 Å². The molecule has 0 aliphatic carbocycles. The van der Waals surface area contributed by atoms with Crippen molar-refractivity contribution in [2.24, 2.45) is 0 Å². The van der Waals surface area contributed by atoms with Crippen molar-refractivity contribution in [3.05, 3.63) is 84.0 Å². The first-order valence-corrected chi connectivity index (χ1v) is 36.0. The van der Waals surface area contributed by atoms with Crippen molar-refractivity contribution in [1.29, 1.82) is 0 Å². The Morgan fingerprint density at radius 2 is 0.610 bits per heavy atom. The Morgan fingerprint density at radius 3 is 0.880 bits per heavy atom. The lowest BCUT2D eigenvalue weighted by molar-refractivity contribution is 0.0691. The van der Waals surface area contributed by atoms with Gasteiger partial charge in [0.05, 0.1) is 47.9 Å². The Morgan fingerprint density at radius 1 is 0.340 bits per heavy atom. The summed E-state index contributed by atoms with van der Waals surface area (Å²) in [6.07, 6.45) is 11.6. The summed E-state index contributed by atoms with van der Waals surface area (Å²) in [6, 6.07) is 15.4.